The molecule has 1 nitrogen and oxygen atoms in total. The lowest BCUT2D eigenvalue weighted by Crippen LogP contribution is -1.92. The number of aliphatic hydroxyl groups is 1. The minimum atomic E-state index is -0.666. The summed E-state index contributed by atoms with van der Waals surface area (Å²) >= 11 is 4.03. The minimum absolute atomic E-state index is 0.666. The summed E-state index contributed by atoms with van der Waals surface area (Å²) < 4.78 is 0. The second-order valence-corrected chi connectivity index (χ2v) is 3.06. The molecule has 0 saturated carbocycles. The zero-order valence-electron chi connectivity index (χ0n) is 7.27. The van der Waals surface area contributed by atoms with Crippen molar-refractivity contribution < 1.29 is 5.11 Å². The van der Waals surface area contributed by atoms with Gasteiger partial charge in [0.1, 0.15) is 6.10 Å². The third kappa shape index (κ3) is 3.54. The summed E-state index contributed by atoms with van der Waals surface area (Å²) in [5, 5.41) is 9.55. The maximum atomic E-state index is 9.55. The predicted molar refractivity (Wildman–Crippen MR) is 57.6 cm³/mol. The van der Waals surface area contributed by atoms with Gasteiger partial charge in [0, 0.05) is 12.2 Å². The van der Waals surface area contributed by atoms with Crippen LogP contribution in [0.5, 0.6) is 0 Å². The van der Waals surface area contributed by atoms with Gasteiger partial charge in [0.25, 0.3) is 0 Å². The van der Waals surface area contributed by atoms with Gasteiger partial charge < -0.3 is 5.11 Å². The van der Waals surface area contributed by atoms with E-state index < -0.39 is 6.10 Å². The van der Waals surface area contributed by atoms with Crippen LogP contribution >= 0.6 is 12.6 Å². The van der Waals surface area contributed by atoms with Crippen molar-refractivity contribution in [2.24, 2.45) is 0 Å². The fraction of sp³-hybridized carbons (Fsp3) is 0.273. The first-order valence-corrected chi connectivity index (χ1v) is 4.80. The molecule has 0 aliphatic carbocycles. The summed E-state index contributed by atoms with van der Waals surface area (Å²) in [4.78, 5) is 0. The third-order valence-electron chi connectivity index (χ3n) is 1.59. The number of thiol groups is 1. The van der Waals surface area contributed by atoms with E-state index in [1.807, 2.05) is 30.3 Å². The van der Waals surface area contributed by atoms with Gasteiger partial charge in [-0.05, 0) is 5.56 Å². The lowest BCUT2D eigenvalue weighted by molar-refractivity contribution is 0.238. The van der Waals surface area contributed by atoms with Crippen molar-refractivity contribution in [3.63, 3.8) is 0 Å². The van der Waals surface area contributed by atoms with Crippen molar-refractivity contribution in [3.8, 4) is 11.8 Å². The molecule has 1 N–H and O–H groups in total. The van der Waals surface area contributed by atoms with Gasteiger partial charge in [-0.1, -0.05) is 42.2 Å². The first-order valence-electron chi connectivity index (χ1n) is 4.17. The fourth-order valence-electron chi connectivity index (χ4n) is 0.943. The molecular weight excluding hydrogens is 180 g/mol. The molecular formula is C11H12OS. The van der Waals surface area contributed by atoms with Crippen LogP contribution in [0.25, 0.3) is 0 Å². The highest BCUT2D eigenvalue weighted by Gasteiger charge is 1.99. The molecule has 0 radical (unpaired) electrons. The lowest BCUT2D eigenvalue weighted by atomic mass is 10.1. The van der Waals surface area contributed by atoms with Gasteiger partial charge in [0.15, 0.2) is 0 Å². The van der Waals surface area contributed by atoms with Gasteiger partial charge in [0.2, 0.25) is 0 Å². The number of rotatable bonds is 2. The zero-order chi connectivity index (χ0) is 9.52. The number of aliphatic hydroxyl groups excluding tert-OH is 1. The Morgan fingerprint density at radius 3 is 2.62 bits per heavy atom. The summed E-state index contributed by atoms with van der Waals surface area (Å²) in [6.45, 7) is 0. The molecule has 1 aromatic rings. The Balaban J connectivity index is 2.60. The maximum absolute atomic E-state index is 9.55. The average Bonchev–Trinajstić information content (AvgIpc) is 2.19. The zero-order valence-corrected chi connectivity index (χ0v) is 8.17. The number of hydrogen-bond acceptors (Lipinski definition) is 2. The fourth-order valence-corrected chi connectivity index (χ4v) is 1.06. The topological polar surface area (TPSA) is 20.2 Å². The van der Waals surface area contributed by atoms with E-state index in [0.29, 0.717) is 6.42 Å². The standard InChI is InChI=1S/C11H12OS/c12-11(8-4-5-9-13)10-6-2-1-3-7-10/h1-3,6-7,11-13H,5,9H2. The Morgan fingerprint density at radius 2 is 2.00 bits per heavy atom. The molecule has 1 unspecified atom stereocenters. The lowest BCUT2D eigenvalue weighted by Gasteiger charge is -2.01. The molecule has 0 aromatic heterocycles. The summed E-state index contributed by atoms with van der Waals surface area (Å²) in [5.41, 5.74) is 0.842. The van der Waals surface area contributed by atoms with Gasteiger partial charge in [-0.2, -0.15) is 12.6 Å². The second kappa shape index (κ2) is 5.69. The summed E-state index contributed by atoms with van der Waals surface area (Å²) in [6.07, 6.45) is 0.0496. The van der Waals surface area contributed by atoms with E-state index in [1.54, 1.807) is 0 Å². The van der Waals surface area contributed by atoms with Gasteiger partial charge in [-0.15, -0.1) is 0 Å². The van der Waals surface area contributed by atoms with E-state index in [0.717, 1.165) is 11.3 Å². The maximum Gasteiger partial charge on any atom is 0.140 e. The van der Waals surface area contributed by atoms with Crippen molar-refractivity contribution in [3.05, 3.63) is 35.9 Å². The Bertz CT molecular complexity index is 297. The molecule has 2 heteroatoms. The summed E-state index contributed by atoms with van der Waals surface area (Å²) in [5.74, 6) is 6.34. The Labute approximate surface area is 84.2 Å². The summed E-state index contributed by atoms with van der Waals surface area (Å²) in [7, 11) is 0. The minimum Gasteiger partial charge on any atom is -0.376 e. The largest absolute Gasteiger partial charge is 0.376 e. The van der Waals surface area contributed by atoms with Crippen molar-refractivity contribution in [2.75, 3.05) is 5.75 Å². The molecule has 1 atom stereocenters. The Hall–Kier alpha value is -0.910. The molecule has 0 saturated heterocycles. The smallest absolute Gasteiger partial charge is 0.140 e. The third-order valence-corrected chi connectivity index (χ3v) is 1.81. The van der Waals surface area contributed by atoms with Gasteiger partial charge >= 0.3 is 0 Å². The Morgan fingerprint density at radius 1 is 1.31 bits per heavy atom. The van der Waals surface area contributed by atoms with Crippen LogP contribution in [0.1, 0.15) is 18.1 Å². The van der Waals surface area contributed by atoms with E-state index >= 15 is 0 Å². The highest BCUT2D eigenvalue weighted by molar-refractivity contribution is 7.80. The molecule has 13 heavy (non-hydrogen) atoms. The molecule has 1 rings (SSSR count). The molecule has 0 aliphatic heterocycles. The molecule has 1 aromatic carbocycles. The van der Waals surface area contributed by atoms with E-state index in [1.165, 1.54) is 0 Å². The van der Waals surface area contributed by atoms with Crippen LogP contribution in [0.4, 0.5) is 0 Å². The van der Waals surface area contributed by atoms with Crippen molar-refractivity contribution in [2.45, 2.75) is 12.5 Å². The van der Waals surface area contributed by atoms with E-state index in [-0.39, 0.29) is 0 Å². The monoisotopic (exact) mass is 192 g/mol. The number of benzene rings is 1. The van der Waals surface area contributed by atoms with Crippen LogP contribution in [0.2, 0.25) is 0 Å². The van der Waals surface area contributed by atoms with E-state index in [2.05, 4.69) is 24.5 Å². The van der Waals surface area contributed by atoms with Crippen molar-refractivity contribution >= 4 is 12.6 Å². The van der Waals surface area contributed by atoms with E-state index in [4.69, 9.17) is 0 Å². The first-order chi connectivity index (χ1) is 6.34. The van der Waals surface area contributed by atoms with Gasteiger partial charge in [-0.25, -0.2) is 0 Å². The molecule has 0 bridgehead atoms. The highest BCUT2D eigenvalue weighted by atomic mass is 32.1. The van der Waals surface area contributed by atoms with Crippen molar-refractivity contribution in [1.29, 1.82) is 0 Å². The van der Waals surface area contributed by atoms with Crippen LogP contribution in [-0.2, 0) is 0 Å². The van der Waals surface area contributed by atoms with Crippen LogP contribution in [-0.4, -0.2) is 10.9 Å². The summed E-state index contributed by atoms with van der Waals surface area (Å²) in [6, 6.07) is 9.41. The average molecular weight is 192 g/mol. The molecule has 0 aliphatic rings. The quantitative estimate of drug-likeness (QED) is 0.543. The number of hydrogen-bond donors (Lipinski definition) is 2. The second-order valence-electron chi connectivity index (χ2n) is 2.61. The highest BCUT2D eigenvalue weighted by Crippen LogP contribution is 2.09. The molecule has 0 fully saturated rings. The van der Waals surface area contributed by atoms with Gasteiger partial charge in [-0.3, -0.25) is 0 Å². The van der Waals surface area contributed by atoms with Crippen LogP contribution < -0.4 is 0 Å². The Kier molecular flexibility index (Phi) is 4.45. The molecule has 0 amide bonds. The van der Waals surface area contributed by atoms with Crippen molar-refractivity contribution in [1.82, 2.24) is 0 Å². The van der Waals surface area contributed by atoms with Crippen LogP contribution in [0.15, 0.2) is 30.3 Å². The van der Waals surface area contributed by atoms with Crippen LogP contribution in [0, 0.1) is 11.8 Å². The SMILES string of the molecule is OC(C#CCCS)c1ccccc1. The first kappa shape index (κ1) is 10.2. The van der Waals surface area contributed by atoms with Crippen LogP contribution in [0.3, 0.4) is 0 Å². The molecule has 68 valence electrons. The normalized spacial score (nSPS) is 11.5. The molecule has 0 spiro atoms. The molecule has 0 heterocycles. The predicted octanol–water partition coefficient (Wildman–Crippen LogP) is 2.04. The van der Waals surface area contributed by atoms with E-state index in [9.17, 15) is 5.11 Å². The van der Waals surface area contributed by atoms with Gasteiger partial charge in [0.05, 0.1) is 0 Å².